The lowest BCUT2D eigenvalue weighted by molar-refractivity contribution is 0.0946. The van der Waals surface area contributed by atoms with Crippen LogP contribution in [0.15, 0.2) is 42.9 Å². The second-order valence-corrected chi connectivity index (χ2v) is 8.34. The lowest BCUT2D eigenvalue weighted by atomic mass is 10.2. The zero-order valence-electron chi connectivity index (χ0n) is 13.9. The van der Waals surface area contributed by atoms with Crippen molar-refractivity contribution in [3.05, 3.63) is 54.1 Å². The van der Waals surface area contributed by atoms with Crippen LogP contribution < -0.4 is 10.2 Å². The van der Waals surface area contributed by atoms with Crippen molar-refractivity contribution < 1.29 is 13.2 Å². The van der Waals surface area contributed by atoms with E-state index in [4.69, 9.17) is 0 Å². The van der Waals surface area contributed by atoms with Gasteiger partial charge in [-0.2, -0.15) is 0 Å². The van der Waals surface area contributed by atoms with E-state index in [1.54, 1.807) is 30.7 Å². The highest BCUT2D eigenvalue weighted by molar-refractivity contribution is 7.91. The van der Waals surface area contributed by atoms with Crippen LogP contribution in [0.2, 0.25) is 0 Å². The van der Waals surface area contributed by atoms with Crippen LogP contribution in [0.4, 0.5) is 5.69 Å². The molecule has 0 bridgehead atoms. The third-order valence-corrected chi connectivity index (χ3v) is 6.07. The molecule has 2 aromatic heterocycles. The molecule has 1 N–H and O–H groups in total. The fraction of sp³-hybridized carbons (Fsp3) is 0.353. The van der Waals surface area contributed by atoms with E-state index in [-0.39, 0.29) is 23.5 Å². The van der Waals surface area contributed by atoms with Crippen molar-refractivity contribution in [2.75, 3.05) is 23.5 Å². The van der Waals surface area contributed by atoms with Gasteiger partial charge in [0.15, 0.2) is 9.84 Å². The number of amides is 1. The first-order valence-electron chi connectivity index (χ1n) is 8.01. The maximum Gasteiger partial charge on any atom is 0.270 e. The predicted octanol–water partition coefficient (Wildman–Crippen LogP) is 1.03. The van der Waals surface area contributed by atoms with Gasteiger partial charge in [-0.3, -0.25) is 14.8 Å². The Bertz CT molecular complexity index is 855. The number of carbonyl (C=O) groups is 1. The molecular weight excluding hydrogens is 340 g/mol. The highest BCUT2D eigenvalue weighted by atomic mass is 32.2. The zero-order chi connectivity index (χ0) is 17.9. The van der Waals surface area contributed by atoms with Crippen molar-refractivity contribution in [3.63, 3.8) is 0 Å². The second kappa shape index (κ2) is 7.18. The lowest BCUT2D eigenvalue weighted by Gasteiger charge is -2.25. The molecule has 2 aromatic rings. The van der Waals surface area contributed by atoms with Crippen LogP contribution in [-0.2, 0) is 16.4 Å². The van der Waals surface area contributed by atoms with E-state index in [1.165, 1.54) is 0 Å². The van der Waals surface area contributed by atoms with Crippen LogP contribution in [0.25, 0.3) is 0 Å². The summed E-state index contributed by atoms with van der Waals surface area (Å²) in [6, 6.07) is 7.08. The summed E-state index contributed by atoms with van der Waals surface area (Å²) >= 11 is 0. The molecule has 1 unspecified atom stereocenters. The minimum atomic E-state index is -2.96. The van der Waals surface area contributed by atoms with Gasteiger partial charge in [0.25, 0.3) is 5.91 Å². The Morgan fingerprint density at radius 2 is 2.20 bits per heavy atom. The number of anilines is 1. The van der Waals surface area contributed by atoms with Crippen molar-refractivity contribution in [1.82, 2.24) is 15.3 Å². The molecule has 1 aliphatic rings. The minimum Gasteiger partial charge on any atom is -0.370 e. The highest BCUT2D eigenvalue weighted by Gasteiger charge is 2.31. The Hall–Kier alpha value is -2.48. The molecule has 8 heteroatoms. The number of carbonyl (C=O) groups excluding carboxylic acids is 1. The van der Waals surface area contributed by atoms with E-state index in [9.17, 15) is 13.2 Å². The average Bonchev–Trinajstić information content (AvgIpc) is 3.00. The Labute approximate surface area is 147 Å². The van der Waals surface area contributed by atoms with Gasteiger partial charge in [0.2, 0.25) is 0 Å². The summed E-state index contributed by atoms with van der Waals surface area (Å²) in [5.74, 6) is 0.0815. The van der Waals surface area contributed by atoms with Gasteiger partial charge >= 0.3 is 0 Å². The molecule has 3 rings (SSSR count). The fourth-order valence-electron chi connectivity index (χ4n) is 2.83. The number of nitrogens with zero attached hydrogens (tertiary/aromatic N) is 3. The summed E-state index contributed by atoms with van der Waals surface area (Å²) in [7, 11) is -1.11. The number of pyridine rings is 2. The molecular formula is C17H20N4O3S. The molecule has 0 saturated carbocycles. The average molecular weight is 360 g/mol. The molecule has 0 aliphatic carbocycles. The van der Waals surface area contributed by atoms with E-state index in [2.05, 4.69) is 15.3 Å². The molecule has 1 fully saturated rings. The van der Waals surface area contributed by atoms with Crippen molar-refractivity contribution in [2.45, 2.75) is 19.0 Å². The van der Waals surface area contributed by atoms with Crippen molar-refractivity contribution >= 4 is 21.4 Å². The molecule has 1 saturated heterocycles. The molecule has 0 radical (unpaired) electrons. The predicted molar refractivity (Wildman–Crippen MR) is 95.1 cm³/mol. The first kappa shape index (κ1) is 17.3. The smallest absolute Gasteiger partial charge is 0.270 e. The topological polar surface area (TPSA) is 92.3 Å². The Kier molecular flexibility index (Phi) is 4.98. The summed E-state index contributed by atoms with van der Waals surface area (Å²) in [6.07, 6.45) is 5.53. The molecule has 7 nitrogen and oxygen atoms in total. The van der Waals surface area contributed by atoms with E-state index in [0.717, 1.165) is 11.3 Å². The maximum atomic E-state index is 12.3. The number of nitrogens with one attached hydrogen (secondary N) is 1. The van der Waals surface area contributed by atoms with Crippen LogP contribution in [0.3, 0.4) is 0 Å². The Morgan fingerprint density at radius 3 is 2.88 bits per heavy atom. The van der Waals surface area contributed by atoms with Gasteiger partial charge in [-0.15, -0.1) is 0 Å². The molecule has 0 spiro atoms. The highest BCUT2D eigenvalue weighted by Crippen LogP contribution is 2.23. The van der Waals surface area contributed by atoms with E-state index in [1.807, 2.05) is 24.1 Å². The Balaban J connectivity index is 1.67. The zero-order valence-corrected chi connectivity index (χ0v) is 14.7. The standard InChI is InChI=1S/C17H20N4O3S/c1-21(15-5-8-25(23,24)12-15)14-4-7-19-16(9-14)17(22)20-11-13-3-2-6-18-10-13/h2-4,6-7,9-10,15H,5,8,11-12H2,1H3,(H,20,22). The number of sulfone groups is 1. The monoisotopic (exact) mass is 360 g/mol. The number of hydrogen-bond donors (Lipinski definition) is 1. The van der Waals surface area contributed by atoms with Gasteiger partial charge < -0.3 is 10.2 Å². The summed E-state index contributed by atoms with van der Waals surface area (Å²) in [6.45, 7) is 0.370. The summed E-state index contributed by atoms with van der Waals surface area (Å²) < 4.78 is 23.3. The van der Waals surface area contributed by atoms with Crippen LogP contribution in [0.5, 0.6) is 0 Å². The first-order valence-corrected chi connectivity index (χ1v) is 9.83. The van der Waals surface area contributed by atoms with Crippen LogP contribution in [0, 0.1) is 0 Å². The third-order valence-electron chi connectivity index (χ3n) is 4.32. The molecule has 1 amide bonds. The maximum absolute atomic E-state index is 12.3. The van der Waals surface area contributed by atoms with E-state index >= 15 is 0 Å². The quantitative estimate of drug-likeness (QED) is 0.856. The van der Waals surface area contributed by atoms with Gasteiger partial charge in [0.1, 0.15) is 5.69 Å². The van der Waals surface area contributed by atoms with Crippen molar-refractivity contribution in [2.24, 2.45) is 0 Å². The van der Waals surface area contributed by atoms with Gasteiger partial charge in [0, 0.05) is 43.9 Å². The van der Waals surface area contributed by atoms with Gasteiger partial charge in [-0.1, -0.05) is 6.07 Å². The normalized spacial score (nSPS) is 18.7. The minimum absolute atomic E-state index is 0.0706. The van der Waals surface area contributed by atoms with Crippen LogP contribution in [-0.4, -0.2) is 48.9 Å². The molecule has 132 valence electrons. The van der Waals surface area contributed by atoms with Crippen LogP contribution >= 0.6 is 0 Å². The van der Waals surface area contributed by atoms with E-state index < -0.39 is 9.84 Å². The number of aromatic nitrogens is 2. The molecule has 0 aromatic carbocycles. The molecule has 1 atom stereocenters. The fourth-order valence-corrected chi connectivity index (χ4v) is 4.60. The van der Waals surface area contributed by atoms with Crippen molar-refractivity contribution in [1.29, 1.82) is 0 Å². The summed E-state index contributed by atoms with van der Waals surface area (Å²) in [4.78, 5) is 22.3. The largest absolute Gasteiger partial charge is 0.370 e. The SMILES string of the molecule is CN(c1ccnc(C(=O)NCc2cccnc2)c1)C1CCS(=O)(=O)C1. The molecule has 25 heavy (non-hydrogen) atoms. The second-order valence-electron chi connectivity index (χ2n) is 6.11. The molecule has 1 aliphatic heterocycles. The van der Waals surface area contributed by atoms with Crippen LogP contribution in [0.1, 0.15) is 22.5 Å². The third kappa shape index (κ3) is 4.33. The lowest BCUT2D eigenvalue weighted by Crippen LogP contribution is -2.33. The Morgan fingerprint density at radius 1 is 1.36 bits per heavy atom. The van der Waals surface area contributed by atoms with Gasteiger partial charge in [-0.05, 0) is 30.2 Å². The first-order chi connectivity index (χ1) is 11.9. The van der Waals surface area contributed by atoms with Crippen molar-refractivity contribution in [3.8, 4) is 0 Å². The number of hydrogen-bond acceptors (Lipinski definition) is 6. The number of rotatable bonds is 5. The summed E-state index contributed by atoms with van der Waals surface area (Å²) in [5, 5.41) is 2.81. The summed E-state index contributed by atoms with van der Waals surface area (Å²) in [5.41, 5.74) is 1.98. The molecule has 3 heterocycles. The van der Waals surface area contributed by atoms with Gasteiger partial charge in [0.05, 0.1) is 11.5 Å². The van der Waals surface area contributed by atoms with Gasteiger partial charge in [-0.25, -0.2) is 8.42 Å². The van der Waals surface area contributed by atoms with E-state index in [0.29, 0.717) is 18.7 Å².